The van der Waals surface area contributed by atoms with E-state index in [1.807, 2.05) is 0 Å². The van der Waals surface area contributed by atoms with Gasteiger partial charge >= 0.3 is 26.2 Å². The fourth-order valence-corrected chi connectivity index (χ4v) is 0. The van der Waals surface area contributed by atoms with Crippen LogP contribution in [0.5, 0.6) is 0 Å². The molecule has 0 heterocycles. The first-order valence-electron chi connectivity index (χ1n) is 0.600. The molecule has 0 radical (unpaired) electrons. The van der Waals surface area contributed by atoms with Crippen molar-refractivity contribution in [2.24, 2.45) is 0 Å². The third kappa shape index (κ3) is 54.3. The maximum absolute atomic E-state index is 7.23. The zero-order valence-corrected chi connectivity index (χ0v) is 2.68. The summed E-state index contributed by atoms with van der Waals surface area (Å²) < 4.78 is 0. The molecule has 0 bridgehead atoms. The van der Waals surface area contributed by atoms with Gasteiger partial charge in [-0.1, -0.05) is 0 Å². The van der Waals surface area contributed by atoms with Crippen molar-refractivity contribution >= 4 is 26.2 Å². The normalized spacial score (nSPS) is 7.20. The fourth-order valence-electron chi connectivity index (χ4n) is 0. The molecule has 0 aliphatic carbocycles. The second-order valence-corrected chi connectivity index (χ2v) is 0.805. The van der Waals surface area contributed by atoms with Gasteiger partial charge in [0.15, 0.2) is 0 Å². The zero-order chi connectivity index (χ0) is 3.58. The monoisotopic (exact) mass is 160 g/mol. The van der Waals surface area contributed by atoms with Gasteiger partial charge in [0.05, 0.1) is 0 Å². The van der Waals surface area contributed by atoms with E-state index in [4.69, 9.17) is 14.7 Å². The van der Waals surface area contributed by atoms with Crippen LogP contribution in [0, 0.1) is 0 Å². The van der Waals surface area contributed by atoms with E-state index in [0.29, 0.717) is 0 Å². The van der Waals surface area contributed by atoms with Gasteiger partial charge in [0, 0.05) is 0 Å². The van der Waals surface area contributed by atoms with E-state index >= 15 is 0 Å². The molecule has 0 saturated carbocycles. The van der Waals surface area contributed by atoms with E-state index in [9.17, 15) is 0 Å². The molecule has 0 aromatic carbocycles. The molecule has 5 heavy (non-hydrogen) atoms. The van der Waals surface area contributed by atoms with Crippen molar-refractivity contribution in [3.05, 3.63) is 0 Å². The van der Waals surface area contributed by atoms with Crippen LogP contribution in [0.2, 0.25) is 0 Å². The van der Waals surface area contributed by atoms with E-state index in [1.165, 1.54) is 0 Å². The van der Waals surface area contributed by atoms with Crippen molar-refractivity contribution in [3.8, 4) is 0 Å². The summed E-state index contributed by atoms with van der Waals surface area (Å²) in [4.78, 5) is 21.7. The fraction of sp³-hybridized carbons (Fsp3) is 0. The first-order valence-corrected chi connectivity index (χ1v) is 1.80. The average Bonchev–Trinajstić information content (AvgIpc) is 0.811. The molecule has 0 amide bonds. The summed E-state index contributed by atoms with van der Waals surface area (Å²) in [5.41, 5.74) is 0. The molecule has 0 aromatic heterocycles. The van der Waals surface area contributed by atoms with Crippen LogP contribution in [0.4, 0.5) is 0 Å². The van der Waals surface area contributed by atoms with Crippen molar-refractivity contribution in [1.82, 2.24) is 0 Å². The first-order chi connectivity index (χ1) is 1.73. The Kier molecular flexibility index (Phi) is 9.01. The predicted molar refractivity (Wildman–Crippen MR) is 24.9 cm³/mol. The number of hydrogen-bond donors (Lipinski definition) is 3. The minimum atomic E-state index is -2.62. The van der Waals surface area contributed by atoms with Gasteiger partial charge in [-0.25, -0.2) is 0 Å². The Bertz CT molecular complexity index is 11.6. The van der Waals surface area contributed by atoms with Crippen LogP contribution in [0.15, 0.2) is 0 Å². The summed E-state index contributed by atoms with van der Waals surface area (Å²) in [6, 6.07) is 0. The zero-order valence-electron chi connectivity index (χ0n) is 1.79. The molecular formula is H7GeO3P. The van der Waals surface area contributed by atoms with E-state index in [-0.39, 0.29) is 17.6 Å². The van der Waals surface area contributed by atoms with Gasteiger partial charge in [0.2, 0.25) is 0 Å². The van der Waals surface area contributed by atoms with Gasteiger partial charge in [-0.15, -0.1) is 0 Å². The Balaban J connectivity index is 0. The third-order valence-electron chi connectivity index (χ3n) is 0. The van der Waals surface area contributed by atoms with E-state index in [0.717, 1.165) is 0 Å². The molecule has 0 rings (SSSR count). The van der Waals surface area contributed by atoms with Crippen molar-refractivity contribution in [2.75, 3.05) is 0 Å². The molecule has 0 fully saturated rings. The molecule has 3 nitrogen and oxygen atoms in total. The molecule has 0 aromatic rings. The summed E-state index contributed by atoms with van der Waals surface area (Å²) in [7, 11) is -2.62. The molecule has 0 aliphatic rings. The maximum atomic E-state index is 7.23. The van der Waals surface area contributed by atoms with Crippen LogP contribution in [0.3, 0.4) is 0 Å². The predicted octanol–water partition coefficient (Wildman–Crippen LogP) is -2.26. The van der Waals surface area contributed by atoms with Crippen LogP contribution in [-0.4, -0.2) is 32.3 Å². The van der Waals surface area contributed by atoms with E-state index in [1.54, 1.807) is 0 Å². The molecule has 0 spiro atoms. The molecule has 3 N–H and O–H groups in total. The Morgan fingerprint density at radius 2 is 1.00 bits per heavy atom. The summed E-state index contributed by atoms with van der Waals surface area (Å²) >= 11 is 0. The van der Waals surface area contributed by atoms with Gasteiger partial charge in [0.1, 0.15) is 0 Å². The third-order valence-corrected chi connectivity index (χ3v) is 0. The second-order valence-electron chi connectivity index (χ2n) is 0.268. The van der Waals surface area contributed by atoms with Crippen molar-refractivity contribution in [3.63, 3.8) is 0 Å². The van der Waals surface area contributed by atoms with Crippen LogP contribution >= 0.6 is 8.60 Å². The first kappa shape index (κ1) is 9.29. The van der Waals surface area contributed by atoms with Gasteiger partial charge in [-0.05, 0) is 0 Å². The van der Waals surface area contributed by atoms with E-state index in [2.05, 4.69) is 0 Å². The van der Waals surface area contributed by atoms with Crippen molar-refractivity contribution in [1.29, 1.82) is 0 Å². The van der Waals surface area contributed by atoms with Crippen LogP contribution in [-0.2, 0) is 0 Å². The van der Waals surface area contributed by atoms with E-state index < -0.39 is 8.60 Å². The van der Waals surface area contributed by atoms with Crippen LogP contribution in [0.25, 0.3) is 0 Å². The van der Waals surface area contributed by atoms with Gasteiger partial charge < -0.3 is 14.7 Å². The SMILES string of the molecule is OP(O)O.[GeH4]. The Hall–Kier alpha value is 0.853. The molecule has 5 heteroatoms. The number of hydrogen-bond acceptors (Lipinski definition) is 3. The van der Waals surface area contributed by atoms with Gasteiger partial charge in [-0.3, -0.25) is 0 Å². The Morgan fingerprint density at radius 3 is 1.00 bits per heavy atom. The Morgan fingerprint density at radius 1 is 1.00 bits per heavy atom. The van der Waals surface area contributed by atoms with Gasteiger partial charge in [0.25, 0.3) is 0 Å². The summed E-state index contributed by atoms with van der Waals surface area (Å²) in [5.74, 6) is 0. The molecular weight excluding hydrogens is 152 g/mol. The van der Waals surface area contributed by atoms with Crippen molar-refractivity contribution in [2.45, 2.75) is 0 Å². The second kappa shape index (κ2) is 4.85. The number of rotatable bonds is 0. The Labute approximate surface area is 41.6 Å². The quantitative estimate of drug-likeness (QED) is 0.276. The van der Waals surface area contributed by atoms with Crippen molar-refractivity contribution < 1.29 is 14.7 Å². The van der Waals surface area contributed by atoms with Gasteiger partial charge in [-0.2, -0.15) is 0 Å². The molecule has 0 unspecified atom stereocenters. The molecule has 34 valence electrons. The molecule has 0 aliphatic heterocycles. The topological polar surface area (TPSA) is 60.7 Å². The standard InChI is InChI=1S/GeH4.H3O3P/c;1-4(2)3/h1H4;1-3H. The summed E-state index contributed by atoms with van der Waals surface area (Å²) in [6.07, 6.45) is 0. The average molecular weight is 159 g/mol. The summed E-state index contributed by atoms with van der Waals surface area (Å²) in [6.45, 7) is 0. The molecule has 0 saturated heterocycles. The van der Waals surface area contributed by atoms with Crippen LogP contribution < -0.4 is 0 Å². The summed E-state index contributed by atoms with van der Waals surface area (Å²) in [5, 5.41) is 0. The minimum absolute atomic E-state index is 0. The molecule has 0 atom stereocenters. The van der Waals surface area contributed by atoms with Crippen LogP contribution in [0.1, 0.15) is 0 Å².